The van der Waals surface area contributed by atoms with Crippen molar-refractivity contribution in [1.82, 2.24) is 4.98 Å². The maximum Gasteiger partial charge on any atom is 0.172 e. The molecular formula is C11H20N2O2S. The van der Waals surface area contributed by atoms with Crippen LogP contribution in [0, 0.1) is 6.92 Å². The standard InChI is InChI=1S/C11H20N2O2S/c1-4-14-11(15-5-2)10(12)6-9-7-16-8(3)13-9/h7,10-11H,4-6,12H2,1-3H3. The van der Waals surface area contributed by atoms with Gasteiger partial charge in [0.15, 0.2) is 6.29 Å². The molecule has 0 aliphatic carbocycles. The maximum atomic E-state index is 6.05. The van der Waals surface area contributed by atoms with E-state index in [2.05, 4.69) is 4.98 Å². The van der Waals surface area contributed by atoms with Gasteiger partial charge in [-0.15, -0.1) is 11.3 Å². The number of hydrogen-bond acceptors (Lipinski definition) is 5. The summed E-state index contributed by atoms with van der Waals surface area (Å²) < 4.78 is 10.9. The molecule has 0 aliphatic rings. The van der Waals surface area contributed by atoms with Crippen LogP contribution in [0.4, 0.5) is 0 Å². The third-order valence-electron chi connectivity index (χ3n) is 2.12. The molecule has 0 saturated heterocycles. The molecule has 0 aromatic carbocycles. The first-order chi connectivity index (χ1) is 7.67. The highest BCUT2D eigenvalue weighted by Crippen LogP contribution is 2.12. The number of nitrogens with zero attached hydrogens (tertiary/aromatic N) is 1. The van der Waals surface area contributed by atoms with Crippen molar-refractivity contribution in [3.05, 3.63) is 16.1 Å². The van der Waals surface area contributed by atoms with Gasteiger partial charge in [-0.3, -0.25) is 0 Å². The molecule has 1 atom stereocenters. The van der Waals surface area contributed by atoms with Crippen LogP contribution in [0.15, 0.2) is 5.38 Å². The Bertz CT molecular complexity index is 298. The van der Waals surface area contributed by atoms with Crippen LogP contribution in [0.3, 0.4) is 0 Å². The van der Waals surface area contributed by atoms with E-state index in [9.17, 15) is 0 Å². The lowest BCUT2D eigenvalue weighted by atomic mass is 10.2. The van der Waals surface area contributed by atoms with Gasteiger partial charge in [0.2, 0.25) is 0 Å². The number of ether oxygens (including phenoxy) is 2. The summed E-state index contributed by atoms with van der Waals surface area (Å²) in [6, 6.07) is -0.165. The second kappa shape index (κ2) is 6.96. The fourth-order valence-electron chi connectivity index (χ4n) is 1.46. The number of nitrogens with two attached hydrogens (primary N) is 1. The van der Waals surface area contributed by atoms with Gasteiger partial charge in [-0.25, -0.2) is 4.98 Å². The van der Waals surface area contributed by atoms with E-state index in [1.165, 1.54) is 0 Å². The minimum Gasteiger partial charge on any atom is -0.351 e. The average Bonchev–Trinajstić information content (AvgIpc) is 2.63. The molecule has 1 aromatic rings. The van der Waals surface area contributed by atoms with Gasteiger partial charge in [0, 0.05) is 25.0 Å². The van der Waals surface area contributed by atoms with Crippen LogP contribution in [-0.4, -0.2) is 30.5 Å². The minimum atomic E-state index is -0.336. The zero-order chi connectivity index (χ0) is 12.0. The highest BCUT2D eigenvalue weighted by atomic mass is 32.1. The Kier molecular flexibility index (Phi) is 5.90. The third kappa shape index (κ3) is 4.17. The first-order valence-electron chi connectivity index (χ1n) is 5.57. The molecule has 0 saturated carbocycles. The predicted octanol–water partition coefficient (Wildman–Crippen LogP) is 1.72. The zero-order valence-corrected chi connectivity index (χ0v) is 10.9. The van der Waals surface area contributed by atoms with E-state index in [-0.39, 0.29) is 12.3 Å². The molecular weight excluding hydrogens is 224 g/mol. The molecule has 0 aliphatic heterocycles. The lowest BCUT2D eigenvalue weighted by molar-refractivity contribution is -0.148. The second-order valence-electron chi connectivity index (χ2n) is 3.50. The summed E-state index contributed by atoms with van der Waals surface area (Å²) >= 11 is 1.64. The molecule has 4 nitrogen and oxygen atoms in total. The first kappa shape index (κ1) is 13.6. The fourth-order valence-corrected chi connectivity index (χ4v) is 2.09. The normalized spacial score (nSPS) is 13.3. The van der Waals surface area contributed by atoms with Gasteiger partial charge in [0.1, 0.15) is 0 Å². The molecule has 0 bridgehead atoms. The van der Waals surface area contributed by atoms with Crippen molar-refractivity contribution in [2.45, 2.75) is 39.5 Å². The summed E-state index contributed by atoms with van der Waals surface area (Å²) in [6.45, 7) is 7.07. The van der Waals surface area contributed by atoms with Crippen LogP contribution in [0.2, 0.25) is 0 Å². The molecule has 5 heteroatoms. The van der Waals surface area contributed by atoms with E-state index >= 15 is 0 Å². The average molecular weight is 244 g/mol. The van der Waals surface area contributed by atoms with Gasteiger partial charge >= 0.3 is 0 Å². The summed E-state index contributed by atoms with van der Waals surface area (Å²) in [4.78, 5) is 4.38. The van der Waals surface area contributed by atoms with Gasteiger partial charge < -0.3 is 15.2 Å². The summed E-state index contributed by atoms with van der Waals surface area (Å²) in [5.41, 5.74) is 7.06. The van der Waals surface area contributed by atoms with Crippen LogP contribution in [0.5, 0.6) is 0 Å². The van der Waals surface area contributed by atoms with Crippen LogP contribution in [0.1, 0.15) is 24.5 Å². The largest absolute Gasteiger partial charge is 0.351 e. The SMILES string of the molecule is CCOC(OCC)C(N)Cc1csc(C)n1. The van der Waals surface area contributed by atoms with Crippen molar-refractivity contribution in [1.29, 1.82) is 0 Å². The first-order valence-corrected chi connectivity index (χ1v) is 6.45. The van der Waals surface area contributed by atoms with Crippen molar-refractivity contribution in [2.75, 3.05) is 13.2 Å². The monoisotopic (exact) mass is 244 g/mol. The van der Waals surface area contributed by atoms with Crippen molar-refractivity contribution in [2.24, 2.45) is 5.73 Å². The van der Waals surface area contributed by atoms with Gasteiger partial charge in [-0.2, -0.15) is 0 Å². The van der Waals surface area contributed by atoms with Crippen molar-refractivity contribution in [3.63, 3.8) is 0 Å². The quantitative estimate of drug-likeness (QED) is 0.742. The van der Waals surface area contributed by atoms with E-state index in [1.807, 2.05) is 26.2 Å². The van der Waals surface area contributed by atoms with Crippen LogP contribution < -0.4 is 5.73 Å². The Morgan fingerprint density at radius 1 is 1.38 bits per heavy atom. The predicted molar refractivity (Wildman–Crippen MR) is 65.6 cm³/mol. The van der Waals surface area contributed by atoms with Crippen molar-refractivity contribution < 1.29 is 9.47 Å². The fraction of sp³-hybridized carbons (Fsp3) is 0.727. The summed E-state index contributed by atoms with van der Waals surface area (Å²) in [5.74, 6) is 0. The number of aryl methyl sites for hydroxylation is 1. The summed E-state index contributed by atoms with van der Waals surface area (Å²) in [5, 5.41) is 3.09. The van der Waals surface area contributed by atoms with Crippen molar-refractivity contribution in [3.8, 4) is 0 Å². The van der Waals surface area contributed by atoms with Gasteiger partial charge in [0.05, 0.1) is 16.7 Å². The Morgan fingerprint density at radius 3 is 2.44 bits per heavy atom. The van der Waals surface area contributed by atoms with E-state index < -0.39 is 0 Å². The molecule has 0 radical (unpaired) electrons. The maximum absolute atomic E-state index is 6.05. The molecule has 0 spiro atoms. The smallest absolute Gasteiger partial charge is 0.172 e. The van der Waals surface area contributed by atoms with Gasteiger partial charge in [-0.05, 0) is 20.8 Å². The zero-order valence-electron chi connectivity index (χ0n) is 10.1. The number of thiazole rings is 1. The molecule has 1 rings (SSSR count). The molecule has 1 unspecified atom stereocenters. The number of rotatable bonds is 7. The molecule has 92 valence electrons. The Morgan fingerprint density at radius 2 is 2.00 bits per heavy atom. The topological polar surface area (TPSA) is 57.4 Å². The van der Waals surface area contributed by atoms with Crippen molar-refractivity contribution >= 4 is 11.3 Å². The Hall–Kier alpha value is -0.490. The molecule has 16 heavy (non-hydrogen) atoms. The highest BCUT2D eigenvalue weighted by molar-refractivity contribution is 7.09. The van der Waals surface area contributed by atoms with Crippen LogP contribution in [-0.2, 0) is 15.9 Å². The molecule has 0 amide bonds. The Labute approximate surface area is 101 Å². The summed E-state index contributed by atoms with van der Waals surface area (Å²) in [7, 11) is 0. The summed E-state index contributed by atoms with van der Waals surface area (Å²) in [6.07, 6.45) is 0.353. The van der Waals surface area contributed by atoms with E-state index in [4.69, 9.17) is 15.2 Å². The molecule has 1 heterocycles. The molecule has 1 aromatic heterocycles. The highest BCUT2D eigenvalue weighted by Gasteiger charge is 2.19. The molecule has 2 N–H and O–H groups in total. The second-order valence-corrected chi connectivity index (χ2v) is 4.57. The third-order valence-corrected chi connectivity index (χ3v) is 2.95. The van der Waals surface area contributed by atoms with E-state index in [1.54, 1.807) is 11.3 Å². The van der Waals surface area contributed by atoms with E-state index in [0.717, 1.165) is 10.7 Å². The minimum absolute atomic E-state index is 0.165. The number of aromatic nitrogens is 1. The van der Waals surface area contributed by atoms with Crippen LogP contribution >= 0.6 is 11.3 Å². The lowest BCUT2D eigenvalue weighted by Crippen LogP contribution is -2.40. The number of hydrogen-bond donors (Lipinski definition) is 1. The Balaban J connectivity index is 2.50. The molecule has 0 fully saturated rings. The van der Waals surface area contributed by atoms with Gasteiger partial charge in [0.25, 0.3) is 0 Å². The van der Waals surface area contributed by atoms with Gasteiger partial charge in [-0.1, -0.05) is 0 Å². The van der Waals surface area contributed by atoms with E-state index in [0.29, 0.717) is 19.6 Å². The van der Waals surface area contributed by atoms with Crippen LogP contribution in [0.25, 0.3) is 0 Å². The lowest BCUT2D eigenvalue weighted by Gasteiger charge is -2.22.